The second kappa shape index (κ2) is 7.81. The predicted octanol–water partition coefficient (Wildman–Crippen LogP) is 0.950. The van der Waals surface area contributed by atoms with Crippen molar-refractivity contribution in [2.24, 2.45) is 17.4 Å². The van der Waals surface area contributed by atoms with Gasteiger partial charge in [-0.2, -0.15) is 0 Å². The fourth-order valence-corrected chi connectivity index (χ4v) is 2.86. The molecule has 0 aromatic carbocycles. The molecule has 114 valence electrons. The van der Waals surface area contributed by atoms with Crippen LogP contribution >= 0.6 is 11.3 Å². The minimum Gasteiger partial charge on any atom is -0.368 e. The molecule has 0 unspecified atom stereocenters. The first-order valence-corrected chi connectivity index (χ1v) is 7.53. The van der Waals surface area contributed by atoms with Gasteiger partial charge in [0.15, 0.2) is 0 Å². The van der Waals surface area contributed by atoms with Crippen LogP contribution in [0.1, 0.15) is 34.0 Å². The Morgan fingerprint density at radius 3 is 2.62 bits per heavy atom. The van der Waals surface area contributed by atoms with Crippen LogP contribution in [0, 0.1) is 24.7 Å². The van der Waals surface area contributed by atoms with Crippen LogP contribution in [-0.2, 0) is 4.79 Å². The maximum absolute atomic E-state index is 12.5. The molecule has 1 rings (SSSR count). The average molecular weight is 307 g/mol. The summed E-state index contributed by atoms with van der Waals surface area (Å²) in [7, 11) is 0. The summed E-state index contributed by atoms with van der Waals surface area (Å²) >= 11 is 1.32. The van der Waals surface area contributed by atoms with Gasteiger partial charge in [-0.05, 0) is 24.5 Å². The number of aryl methyl sites for hydroxylation is 1. The topological polar surface area (TPSA) is 89.4 Å². The van der Waals surface area contributed by atoms with Crippen molar-refractivity contribution in [3.8, 4) is 11.8 Å². The van der Waals surface area contributed by atoms with Gasteiger partial charge in [-0.25, -0.2) is 0 Å². The third kappa shape index (κ3) is 5.21. The Morgan fingerprint density at radius 2 is 2.10 bits per heavy atom. The molecule has 0 bridgehead atoms. The van der Waals surface area contributed by atoms with E-state index >= 15 is 0 Å². The normalized spacial score (nSPS) is 10.1. The van der Waals surface area contributed by atoms with Crippen molar-refractivity contribution in [2.45, 2.75) is 20.8 Å². The second-order valence-corrected chi connectivity index (χ2v) is 6.23. The number of hydrogen-bond acceptors (Lipinski definition) is 4. The molecule has 4 N–H and O–H groups in total. The van der Waals surface area contributed by atoms with Crippen LogP contribution < -0.4 is 11.5 Å². The van der Waals surface area contributed by atoms with E-state index in [4.69, 9.17) is 11.5 Å². The van der Waals surface area contributed by atoms with Crippen LogP contribution in [0.3, 0.4) is 0 Å². The van der Waals surface area contributed by atoms with Crippen LogP contribution in [0.2, 0.25) is 0 Å². The number of thiophene rings is 1. The van der Waals surface area contributed by atoms with Crippen LogP contribution in [-0.4, -0.2) is 36.3 Å². The zero-order valence-electron chi connectivity index (χ0n) is 12.6. The third-order valence-corrected chi connectivity index (χ3v) is 3.79. The van der Waals surface area contributed by atoms with E-state index < -0.39 is 5.91 Å². The van der Waals surface area contributed by atoms with Crippen LogP contribution in [0.4, 0.5) is 0 Å². The van der Waals surface area contributed by atoms with Gasteiger partial charge in [0.25, 0.3) is 5.91 Å². The highest BCUT2D eigenvalue weighted by molar-refractivity contribution is 7.14. The number of nitrogens with zero attached hydrogens (tertiary/aromatic N) is 1. The number of carbonyl (C=O) groups excluding carboxylic acids is 2. The van der Waals surface area contributed by atoms with Crippen molar-refractivity contribution in [1.29, 1.82) is 0 Å². The predicted molar refractivity (Wildman–Crippen MR) is 84.9 cm³/mol. The van der Waals surface area contributed by atoms with Gasteiger partial charge in [-0.15, -0.1) is 11.3 Å². The van der Waals surface area contributed by atoms with Gasteiger partial charge in [0, 0.05) is 6.54 Å². The molecule has 21 heavy (non-hydrogen) atoms. The van der Waals surface area contributed by atoms with E-state index in [1.807, 2.05) is 20.8 Å². The summed E-state index contributed by atoms with van der Waals surface area (Å²) in [6, 6.07) is 1.79. The zero-order valence-corrected chi connectivity index (χ0v) is 13.4. The molecule has 5 nitrogen and oxygen atoms in total. The maximum atomic E-state index is 12.5. The smallest absolute Gasteiger partial charge is 0.264 e. The van der Waals surface area contributed by atoms with Crippen molar-refractivity contribution >= 4 is 23.2 Å². The monoisotopic (exact) mass is 307 g/mol. The summed E-state index contributed by atoms with van der Waals surface area (Å²) in [5, 5.41) is 0. The highest BCUT2D eigenvalue weighted by atomic mass is 32.1. The molecule has 0 atom stereocenters. The maximum Gasteiger partial charge on any atom is 0.264 e. The SMILES string of the molecule is Cc1cc(C(=O)N(CC(N)=O)CC(C)C)sc1C#CCN. The number of hydrogen-bond donors (Lipinski definition) is 2. The minimum absolute atomic E-state index is 0.0717. The first-order valence-electron chi connectivity index (χ1n) is 6.72. The van der Waals surface area contributed by atoms with Gasteiger partial charge in [-0.3, -0.25) is 9.59 Å². The van der Waals surface area contributed by atoms with E-state index in [1.54, 1.807) is 6.07 Å². The fourth-order valence-electron chi connectivity index (χ4n) is 1.85. The molecular weight excluding hydrogens is 286 g/mol. The van der Waals surface area contributed by atoms with E-state index in [2.05, 4.69) is 11.8 Å². The molecule has 6 heteroatoms. The van der Waals surface area contributed by atoms with Gasteiger partial charge >= 0.3 is 0 Å². The Kier molecular flexibility index (Phi) is 6.40. The summed E-state index contributed by atoms with van der Waals surface area (Å²) in [5.41, 5.74) is 11.5. The summed E-state index contributed by atoms with van der Waals surface area (Å²) in [4.78, 5) is 26.5. The summed E-state index contributed by atoms with van der Waals surface area (Å²) < 4.78 is 0. The Balaban J connectivity index is 3.00. The Labute approximate surface area is 129 Å². The molecule has 1 aromatic heterocycles. The number of carbonyl (C=O) groups is 2. The van der Waals surface area contributed by atoms with Crippen molar-refractivity contribution < 1.29 is 9.59 Å². The molecule has 0 aliphatic carbocycles. The molecule has 0 fully saturated rings. The lowest BCUT2D eigenvalue weighted by molar-refractivity contribution is -0.118. The van der Waals surface area contributed by atoms with Crippen molar-refractivity contribution in [2.75, 3.05) is 19.6 Å². The summed E-state index contributed by atoms with van der Waals surface area (Å²) in [5.74, 6) is 5.29. The molecule has 0 aliphatic rings. The number of rotatable bonds is 5. The molecule has 1 heterocycles. The third-order valence-electron chi connectivity index (χ3n) is 2.65. The summed E-state index contributed by atoms with van der Waals surface area (Å²) in [6.45, 7) is 6.56. The molecule has 0 saturated carbocycles. The Morgan fingerprint density at radius 1 is 1.43 bits per heavy atom. The highest BCUT2D eigenvalue weighted by Gasteiger charge is 2.21. The molecular formula is C15H21N3O2S. The quantitative estimate of drug-likeness (QED) is 0.794. The van der Waals surface area contributed by atoms with Crippen molar-refractivity contribution in [3.05, 3.63) is 21.4 Å². The Hall–Kier alpha value is -1.84. The zero-order chi connectivity index (χ0) is 16.0. The number of nitrogens with two attached hydrogens (primary N) is 2. The number of amides is 2. The van der Waals surface area contributed by atoms with E-state index in [1.165, 1.54) is 16.2 Å². The van der Waals surface area contributed by atoms with E-state index in [0.29, 0.717) is 11.4 Å². The lowest BCUT2D eigenvalue weighted by Gasteiger charge is -2.22. The van der Waals surface area contributed by atoms with Gasteiger partial charge < -0.3 is 16.4 Å². The highest BCUT2D eigenvalue weighted by Crippen LogP contribution is 2.22. The first-order chi connectivity index (χ1) is 9.85. The van der Waals surface area contributed by atoms with E-state index in [9.17, 15) is 9.59 Å². The first kappa shape index (κ1) is 17.2. The van der Waals surface area contributed by atoms with Crippen molar-refractivity contribution in [1.82, 2.24) is 4.90 Å². The van der Waals surface area contributed by atoms with Gasteiger partial charge in [0.2, 0.25) is 5.91 Å². The largest absolute Gasteiger partial charge is 0.368 e. The standard InChI is InChI=1S/C15H21N3O2S/c1-10(2)8-18(9-14(17)19)15(20)13-7-11(3)12(21-13)5-4-6-16/h7,10H,6,8-9,16H2,1-3H3,(H2,17,19). The van der Waals surface area contributed by atoms with E-state index in [0.717, 1.165) is 10.4 Å². The summed E-state index contributed by atoms with van der Waals surface area (Å²) in [6.07, 6.45) is 0. The molecule has 0 saturated heterocycles. The minimum atomic E-state index is -0.513. The van der Waals surface area contributed by atoms with E-state index in [-0.39, 0.29) is 24.9 Å². The van der Waals surface area contributed by atoms with Gasteiger partial charge in [-0.1, -0.05) is 25.7 Å². The average Bonchev–Trinajstić information content (AvgIpc) is 2.75. The van der Waals surface area contributed by atoms with Crippen molar-refractivity contribution in [3.63, 3.8) is 0 Å². The number of primary amides is 1. The molecule has 2 amide bonds. The van der Waals surface area contributed by atoms with Gasteiger partial charge in [0.05, 0.1) is 22.8 Å². The lowest BCUT2D eigenvalue weighted by Crippen LogP contribution is -2.40. The molecule has 0 spiro atoms. The molecule has 1 aromatic rings. The molecule has 0 aliphatic heterocycles. The lowest BCUT2D eigenvalue weighted by atomic mass is 10.2. The Bertz CT molecular complexity index is 581. The second-order valence-electron chi connectivity index (χ2n) is 5.17. The van der Waals surface area contributed by atoms with Crippen LogP contribution in [0.25, 0.3) is 0 Å². The molecule has 0 radical (unpaired) electrons. The van der Waals surface area contributed by atoms with Crippen LogP contribution in [0.5, 0.6) is 0 Å². The van der Waals surface area contributed by atoms with Gasteiger partial charge in [0.1, 0.15) is 0 Å². The van der Waals surface area contributed by atoms with Crippen LogP contribution in [0.15, 0.2) is 6.07 Å². The fraction of sp³-hybridized carbons (Fsp3) is 0.467.